The number of imide groups is 1. The third kappa shape index (κ3) is 3.97. The second-order valence-electron chi connectivity index (χ2n) is 7.76. The first-order chi connectivity index (χ1) is 16.2. The van der Waals surface area contributed by atoms with E-state index in [4.69, 9.17) is 16.4 Å². The van der Waals surface area contributed by atoms with Gasteiger partial charge in [0.2, 0.25) is 5.91 Å². The van der Waals surface area contributed by atoms with Gasteiger partial charge in [-0.25, -0.2) is 9.96 Å². The van der Waals surface area contributed by atoms with E-state index in [0.29, 0.717) is 22.0 Å². The molecule has 3 aromatic rings. The average Bonchev–Trinajstić information content (AvgIpc) is 3.31. The highest BCUT2D eigenvalue weighted by Crippen LogP contribution is 2.47. The van der Waals surface area contributed by atoms with Crippen molar-refractivity contribution >= 4 is 34.8 Å². The average molecular weight is 489 g/mol. The molecule has 3 unspecified atom stereocenters. The van der Waals surface area contributed by atoms with E-state index < -0.39 is 42.0 Å². The Morgan fingerprint density at radius 3 is 2.09 bits per heavy atom. The van der Waals surface area contributed by atoms with Gasteiger partial charge in [-0.1, -0.05) is 41.9 Å². The van der Waals surface area contributed by atoms with Crippen LogP contribution in [0.15, 0.2) is 78.9 Å². The summed E-state index contributed by atoms with van der Waals surface area (Å²) < 4.78 is 41.7. The molecule has 0 aromatic heterocycles. The molecule has 3 aromatic carbocycles. The van der Waals surface area contributed by atoms with Crippen LogP contribution in [0.3, 0.4) is 0 Å². The Kier molecular flexibility index (Phi) is 5.45. The maximum Gasteiger partial charge on any atom is 0.573 e. The summed E-state index contributed by atoms with van der Waals surface area (Å²) >= 11 is 5.93. The van der Waals surface area contributed by atoms with E-state index >= 15 is 0 Å². The summed E-state index contributed by atoms with van der Waals surface area (Å²) in [5.41, 5.74) is 1.44. The predicted octanol–water partition coefficient (Wildman–Crippen LogP) is 5.29. The molecule has 0 N–H and O–H groups in total. The number of halogens is 4. The topological polar surface area (TPSA) is 59.1 Å². The van der Waals surface area contributed by atoms with E-state index in [2.05, 4.69) is 4.74 Å². The van der Waals surface area contributed by atoms with Gasteiger partial charge in [0.1, 0.15) is 11.7 Å². The van der Waals surface area contributed by atoms with Crippen molar-refractivity contribution in [3.05, 3.63) is 89.4 Å². The Hall–Kier alpha value is -3.56. The Morgan fingerprint density at radius 2 is 1.47 bits per heavy atom. The van der Waals surface area contributed by atoms with E-state index in [9.17, 15) is 22.8 Å². The van der Waals surface area contributed by atoms with Crippen LogP contribution in [-0.4, -0.2) is 24.3 Å². The number of benzene rings is 3. The van der Waals surface area contributed by atoms with E-state index in [1.807, 2.05) is 0 Å². The van der Waals surface area contributed by atoms with Crippen LogP contribution in [0.4, 0.5) is 24.5 Å². The molecular weight excluding hydrogens is 473 g/mol. The van der Waals surface area contributed by atoms with Crippen LogP contribution < -0.4 is 14.7 Å². The number of carbonyl (C=O) groups is 2. The number of nitrogens with zero attached hydrogens (tertiary/aromatic N) is 2. The minimum Gasteiger partial charge on any atom is -0.406 e. The molecule has 0 saturated carbocycles. The summed E-state index contributed by atoms with van der Waals surface area (Å²) in [5, 5.41) is 1.91. The fourth-order valence-electron chi connectivity index (χ4n) is 4.26. The number of amides is 2. The minimum atomic E-state index is -4.83. The summed E-state index contributed by atoms with van der Waals surface area (Å²) in [5.74, 6) is -2.32. The molecule has 0 aliphatic carbocycles. The Morgan fingerprint density at radius 1 is 0.824 bits per heavy atom. The Labute approximate surface area is 197 Å². The number of carbonyl (C=O) groups excluding carboxylic acids is 2. The maximum absolute atomic E-state index is 13.5. The first-order valence-corrected chi connectivity index (χ1v) is 10.6. The maximum atomic E-state index is 13.5. The lowest BCUT2D eigenvalue weighted by Gasteiger charge is -2.28. The molecule has 3 atom stereocenters. The molecule has 5 rings (SSSR count). The summed E-state index contributed by atoms with van der Waals surface area (Å²) in [6, 6.07) is 19.5. The van der Waals surface area contributed by atoms with Gasteiger partial charge in [-0.05, 0) is 54.1 Å². The molecule has 6 nitrogen and oxygen atoms in total. The quantitative estimate of drug-likeness (QED) is 0.467. The molecule has 34 heavy (non-hydrogen) atoms. The fourth-order valence-corrected chi connectivity index (χ4v) is 4.39. The lowest BCUT2D eigenvalue weighted by atomic mass is 9.90. The van der Waals surface area contributed by atoms with E-state index in [1.165, 1.54) is 17.2 Å². The van der Waals surface area contributed by atoms with Crippen molar-refractivity contribution in [3.63, 3.8) is 0 Å². The third-order valence-corrected chi connectivity index (χ3v) is 5.92. The van der Waals surface area contributed by atoms with E-state index in [0.717, 1.165) is 17.0 Å². The smallest absolute Gasteiger partial charge is 0.406 e. The number of hydroxylamine groups is 1. The van der Waals surface area contributed by atoms with Gasteiger partial charge >= 0.3 is 6.36 Å². The van der Waals surface area contributed by atoms with Gasteiger partial charge < -0.3 is 4.74 Å². The van der Waals surface area contributed by atoms with Gasteiger partial charge in [0.05, 0.1) is 17.4 Å². The van der Waals surface area contributed by atoms with Crippen molar-refractivity contribution in [3.8, 4) is 5.75 Å². The number of anilines is 2. The minimum absolute atomic E-state index is 0.358. The van der Waals surface area contributed by atoms with Crippen LogP contribution in [0, 0.1) is 5.92 Å². The molecule has 0 radical (unpaired) electrons. The number of hydrogen-bond acceptors (Lipinski definition) is 5. The summed E-state index contributed by atoms with van der Waals surface area (Å²) in [7, 11) is 0. The molecule has 2 amide bonds. The van der Waals surface area contributed by atoms with Gasteiger partial charge in [0.15, 0.2) is 6.10 Å². The second-order valence-corrected chi connectivity index (χ2v) is 8.20. The summed E-state index contributed by atoms with van der Waals surface area (Å²) in [4.78, 5) is 33.8. The number of rotatable bonds is 4. The molecule has 2 aliphatic rings. The van der Waals surface area contributed by atoms with Gasteiger partial charge in [0, 0.05) is 5.02 Å². The zero-order valence-corrected chi connectivity index (χ0v) is 18.0. The van der Waals surface area contributed by atoms with Crippen LogP contribution >= 0.6 is 11.6 Å². The summed E-state index contributed by atoms with van der Waals surface area (Å²) in [6.45, 7) is 0. The number of fused-ring (bicyclic) bond motifs is 1. The Balaban J connectivity index is 1.53. The first kappa shape index (κ1) is 22.2. The van der Waals surface area contributed by atoms with Gasteiger partial charge in [-0.2, -0.15) is 0 Å². The number of alkyl halides is 3. The highest BCUT2D eigenvalue weighted by Gasteiger charge is 2.60. The molecule has 2 heterocycles. The molecule has 2 saturated heterocycles. The van der Waals surface area contributed by atoms with Gasteiger partial charge in [-0.3, -0.25) is 14.4 Å². The normalized spacial score (nSPS) is 22.3. The number of hydrogen-bond donors (Lipinski definition) is 0. The molecule has 174 valence electrons. The number of para-hydroxylation sites is 1. The van der Waals surface area contributed by atoms with Crippen LogP contribution in [0.2, 0.25) is 5.02 Å². The molecule has 0 bridgehead atoms. The zero-order valence-electron chi connectivity index (χ0n) is 17.3. The van der Waals surface area contributed by atoms with Crippen LogP contribution in [-0.2, 0) is 14.4 Å². The molecule has 0 spiro atoms. The van der Waals surface area contributed by atoms with Crippen molar-refractivity contribution in [2.24, 2.45) is 5.92 Å². The van der Waals surface area contributed by atoms with Gasteiger partial charge in [-0.15, -0.1) is 13.2 Å². The summed E-state index contributed by atoms with van der Waals surface area (Å²) in [6.07, 6.45) is -5.93. The Bertz CT molecular complexity index is 1220. The standard InChI is InChI=1S/C24H16ClF3N2O4/c25-15-8-10-16(11-9-15)29-22(31)19-20(14-6-12-18(13-7-14)33-24(26,27)28)30(34-21(19)23(29)32)17-4-2-1-3-5-17/h1-13,19-21H. The SMILES string of the molecule is O=C1C2ON(c3ccccc3)C(c3ccc(OC(F)(F)F)cc3)C2C(=O)N1c1ccc(Cl)cc1. The highest BCUT2D eigenvalue weighted by atomic mass is 35.5. The second kappa shape index (κ2) is 8.34. The molecular formula is C24H16ClF3N2O4. The fraction of sp³-hybridized carbons (Fsp3) is 0.167. The zero-order chi connectivity index (χ0) is 24.0. The van der Waals surface area contributed by atoms with Crippen molar-refractivity contribution in [2.75, 3.05) is 9.96 Å². The monoisotopic (exact) mass is 488 g/mol. The van der Waals surface area contributed by atoms with E-state index in [1.54, 1.807) is 54.6 Å². The van der Waals surface area contributed by atoms with Crippen molar-refractivity contribution in [1.82, 2.24) is 0 Å². The van der Waals surface area contributed by atoms with Gasteiger partial charge in [0.25, 0.3) is 5.91 Å². The van der Waals surface area contributed by atoms with Crippen molar-refractivity contribution in [1.29, 1.82) is 0 Å². The van der Waals surface area contributed by atoms with E-state index in [-0.39, 0.29) is 0 Å². The first-order valence-electron chi connectivity index (χ1n) is 10.2. The van der Waals surface area contributed by atoms with Crippen molar-refractivity contribution < 1.29 is 32.3 Å². The van der Waals surface area contributed by atoms with Crippen molar-refractivity contribution in [2.45, 2.75) is 18.5 Å². The molecule has 2 fully saturated rings. The van der Waals surface area contributed by atoms with Crippen LogP contribution in [0.1, 0.15) is 11.6 Å². The third-order valence-electron chi connectivity index (χ3n) is 5.67. The number of ether oxygens (including phenoxy) is 1. The van der Waals surface area contributed by atoms with Crippen LogP contribution in [0.25, 0.3) is 0 Å². The lowest BCUT2D eigenvalue weighted by Crippen LogP contribution is -2.37. The molecule has 2 aliphatic heterocycles. The largest absolute Gasteiger partial charge is 0.573 e. The van der Waals surface area contributed by atoms with Crippen LogP contribution in [0.5, 0.6) is 5.75 Å². The highest BCUT2D eigenvalue weighted by molar-refractivity contribution is 6.31. The lowest BCUT2D eigenvalue weighted by molar-refractivity contribution is -0.274. The predicted molar refractivity (Wildman–Crippen MR) is 117 cm³/mol. The molecule has 10 heteroatoms.